The van der Waals surface area contributed by atoms with Gasteiger partial charge in [0.25, 0.3) is 11.5 Å². The normalized spacial score (nSPS) is 15.1. The molecule has 1 amide bonds. The highest BCUT2D eigenvalue weighted by molar-refractivity contribution is 6.32. The van der Waals surface area contributed by atoms with E-state index in [1.54, 1.807) is 12.1 Å². The van der Waals surface area contributed by atoms with Crippen LogP contribution in [-0.2, 0) is 0 Å². The van der Waals surface area contributed by atoms with Crippen LogP contribution in [0.25, 0.3) is 5.69 Å². The van der Waals surface area contributed by atoms with E-state index in [0.29, 0.717) is 16.5 Å². The predicted octanol–water partition coefficient (Wildman–Crippen LogP) is 2.89. The topological polar surface area (TPSA) is 73.2 Å². The average molecular weight is 386 g/mol. The third-order valence-corrected chi connectivity index (χ3v) is 4.47. The summed E-state index contributed by atoms with van der Waals surface area (Å²) < 4.78 is 19.7. The molecule has 0 radical (unpaired) electrons. The van der Waals surface area contributed by atoms with Crippen LogP contribution in [0.3, 0.4) is 0 Å². The molecule has 0 aliphatic carbocycles. The van der Waals surface area contributed by atoms with E-state index in [9.17, 15) is 14.0 Å². The molecule has 1 atom stereocenters. The van der Waals surface area contributed by atoms with Gasteiger partial charge in [-0.3, -0.25) is 9.59 Å². The van der Waals surface area contributed by atoms with E-state index in [0.717, 1.165) is 10.2 Å². The van der Waals surface area contributed by atoms with Gasteiger partial charge in [0.15, 0.2) is 0 Å². The SMILES string of the molecule is O=C(NC1COc2c(Cl)cccc21)c1ccc(=O)n(-c2ccc(F)cc2)n1. The Hall–Kier alpha value is -3.19. The molecular weight excluding hydrogens is 373 g/mol. The summed E-state index contributed by atoms with van der Waals surface area (Å²) in [7, 11) is 0. The second-order valence-electron chi connectivity index (χ2n) is 5.94. The summed E-state index contributed by atoms with van der Waals surface area (Å²) in [6.45, 7) is 0.252. The fourth-order valence-electron chi connectivity index (χ4n) is 2.86. The van der Waals surface area contributed by atoms with Gasteiger partial charge in [-0.25, -0.2) is 4.39 Å². The minimum absolute atomic E-state index is 0.0504. The van der Waals surface area contributed by atoms with Crippen LogP contribution >= 0.6 is 11.6 Å². The summed E-state index contributed by atoms with van der Waals surface area (Å²) in [6, 6.07) is 12.8. The number of nitrogens with one attached hydrogen (secondary N) is 1. The quantitative estimate of drug-likeness (QED) is 0.752. The molecule has 0 spiro atoms. The number of hydrogen-bond acceptors (Lipinski definition) is 4. The van der Waals surface area contributed by atoms with Gasteiger partial charge in [-0.15, -0.1) is 0 Å². The number of ether oxygens (including phenoxy) is 1. The maximum absolute atomic E-state index is 13.1. The Bertz CT molecular complexity index is 1080. The molecular formula is C19H13ClFN3O3. The molecule has 136 valence electrons. The second-order valence-corrected chi connectivity index (χ2v) is 6.35. The van der Waals surface area contributed by atoms with Crippen LogP contribution in [0.5, 0.6) is 5.75 Å². The highest BCUT2D eigenvalue weighted by Gasteiger charge is 2.28. The van der Waals surface area contributed by atoms with Crippen LogP contribution in [0.2, 0.25) is 5.02 Å². The molecule has 8 heteroatoms. The summed E-state index contributed by atoms with van der Waals surface area (Å²) >= 11 is 6.09. The number of fused-ring (bicyclic) bond motifs is 1. The Labute approximate surface area is 158 Å². The maximum Gasteiger partial charge on any atom is 0.272 e. The number of carbonyl (C=O) groups is 1. The average Bonchev–Trinajstić information content (AvgIpc) is 3.07. The molecule has 1 aromatic heterocycles. The Morgan fingerprint density at radius 2 is 1.96 bits per heavy atom. The van der Waals surface area contributed by atoms with E-state index in [2.05, 4.69) is 10.4 Å². The van der Waals surface area contributed by atoms with Gasteiger partial charge in [-0.05, 0) is 36.4 Å². The van der Waals surface area contributed by atoms with Crippen molar-refractivity contribution in [3.63, 3.8) is 0 Å². The highest BCUT2D eigenvalue weighted by atomic mass is 35.5. The number of hydrogen-bond donors (Lipinski definition) is 1. The molecule has 0 saturated heterocycles. The third kappa shape index (κ3) is 3.29. The van der Waals surface area contributed by atoms with Crippen LogP contribution in [0.1, 0.15) is 22.1 Å². The van der Waals surface area contributed by atoms with Crippen molar-refractivity contribution in [2.45, 2.75) is 6.04 Å². The van der Waals surface area contributed by atoms with E-state index in [1.165, 1.54) is 36.4 Å². The number of rotatable bonds is 3. The fourth-order valence-corrected chi connectivity index (χ4v) is 3.10. The number of halogens is 2. The molecule has 1 aliphatic heterocycles. The molecule has 1 aliphatic rings. The molecule has 1 unspecified atom stereocenters. The predicted molar refractivity (Wildman–Crippen MR) is 96.9 cm³/mol. The molecule has 0 fully saturated rings. The first-order valence-corrected chi connectivity index (χ1v) is 8.49. The molecule has 0 bridgehead atoms. The molecule has 2 aromatic carbocycles. The first-order valence-electron chi connectivity index (χ1n) is 8.11. The minimum Gasteiger partial charge on any atom is -0.489 e. The number of aromatic nitrogens is 2. The lowest BCUT2D eigenvalue weighted by Crippen LogP contribution is -2.32. The van der Waals surface area contributed by atoms with Gasteiger partial charge in [-0.1, -0.05) is 23.7 Å². The van der Waals surface area contributed by atoms with Crippen molar-refractivity contribution in [2.24, 2.45) is 0 Å². The van der Waals surface area contributed by atoms with E-state index < -0.39 is 17.3 Å². The molecule has 4 rings (SSSR count). The number of amides is 1. The smallest absolute Gasteiger partial charge is 0.272 e. The van der Waals surface area contributed by atoms with E-state index in [4.69, 9.17) is 16.3 Å². The molecule has 6 nitrogen and oxygen atoms in total. The number of nitrogens with zero attached hydrogens (tertiary/aromatic N) is 2. The van der Waals surface area contributed by atoms with Gasteiger partial charge in [0.2, 0.25) is 0 Å². The van der Waals surface area contributed by atoms with E-state index >= 15 is 0 Å². The summed E-state index contributed by atoms with van der Waals surface area (Å²) in [6.07, 6.45) is 0. The van der Waals surface area contributed by atoms with Gasteiger partial charge in [0.1, 0.15) is 23.9 Å². The zero-order valence-corrected chi connectivity index (χ0v) is 14.6. The minimum atomic E-state index is -0.465. The van der Waals surface area contributed by atoms with E-state index in [1.807, 2.05) is 6.07 Å². The Kier molecular flexibility index (Phi) is 4.37. The van der Waals surface area contributed by atoms with Crippen molar-refractivity contribution in [2.75, 3.05) is 6.61 Å². The molecule has 0 saturated carbocycles. The standard InChI is InChI=1S/C19H13ClFN3O3/c20-14-3-1-2-13-16(10-27-18(13)14)22-19(26)15-8-9-17(25)24(23-15)12-6-4-11(21)5-7-12/h1-9,16H,10H2,(H,22,26). The molecule has 1 N–H and O–H groups in total. The lowest BCUT2D eigenvalue weighted by molar-refractivity contribution is 0.0923. The lowest BCUT2D eigenvalue weighted by Gasteiger charge is -2.12. The summed E-state index contributed by atoms with van der Waals surface area (Å²) in [5.74, 6) is -0.347. The maximum atomic E-state index is 13.1. The zero-order valence-electron chi connectivity index (χ0n) is 13.9. The number of para-hydroxylation sites is 1. The molecule has 3 aromatic rings. The van der Waals surface area contributed by atoms with Crippen LogP contribution in [-0.4, -0.2) is 22.3 Å². The monoisotopic (exact) mass is 385 g/mol. The van der Waals surface area contributed by atoms with Crippen molar-refractivity contribution in [3.8, 4) is 11.4 Å². The first kappa shape index (κ1) is 17.2. The third-order valence-electron chi connectivity index (χ3n) is 4.18. The summed E-state index contributed by atoms with van der Waals surface area (Å²) in [4.78, 5) is 24.7. The summed E-state index contributed by atoms with van der Waals surface area (Å²) in [5, 5.41) is 7.39. The zero-order chi connectivity index (χ0) is 19.0. The van der Waals surface area contributed by atoms with Crippen molar-refractivity contribution < 1.29 is 13.9 Å². The van der Waals surface area contributed by atoms with Crippen molar-refractivity contribution in [1.82, 2.24) is 15.1 Å². The van der Waals surface area contributed by atoms with Gasteiger partial charge < -0.3 is 10.1 Å². The van der Waals surface area contributed by atoms with Gasteiger partial charge in [0, 0.05) is 11.6 Å². The van der Waals surface area contributed by atoms with E-state index in [-0.39, 0.29) is 18.3 Å². The molecule has 2 heterocycles. The number of benzene rings is 2. The first-order chi connectivity index (χ1) is 13.0. The van der Waals surface area contributed by atoms with Gasteiger partial charge in [-0.2, -0.15) is 9.78 Å². The second kappa shape index (κ2) is 6.85. The fraction of sp³-hybridized carbons (Fsp3) is 0.105. The van der Waals surface area contributed by atoms with Crippen molar-refractivity contribution >= 4 is 17.5 Å². The van der Waals surface area contributed by atoms with Crippen LogP contribution in [0, 0.1) is 5.82 Å². The number of carbonyl (C=O) groups excluding carboxylic acids is 1. The highest BCUT2D eigenvalue weighted by Crippen LogP contribution is 2.38. The Balaban J connectivity index is 1.61. The Morgan fingerprint density at radius 1 is 1.19 bits per heavy atom. The van der Waals surface area contributed by atoms with Crippen molar-refractivity contribution in [1.29, 1.82) is 0 Å². The van der Waals surface area contributed by atoms with Gasteiger partial charge in [0.05, 0.1) is 16.8 Å². The van der Waals surface area contributed by atoms with Crippen LogP contribution in [0.4, 0.5) is 4.39 Å². The van der Waals surface area contributed by atoms with Gasteiger partial charge >= 0.3 is 0 Å². The molecule has 27 heavy (non-hydrogen) atoms. The van der Waals surface area contributed by atoms with Crippen LogP contribution < -0.4 is 15.6 Å². The van der Waals surface area contributed by atoms with Crippen LogP contribution in [0.15, 0.2) is 59.4 Å². The van der Waals surface area contributed by atoms with Crippen molar-refractivity contribution in [3.05, 3.63) is 87.0 Å². The lowest BCUT2D eigenvalue weighted by atomic mass is 10.1. The Morgan fingerprint density at radius 3 is 2.74 bits per heavy atom. The largest absolute Gasteiger partial charge is 0.489 e. The summed E-state index contributed by atoms with van der Waals surface area (Å²) in [5.41, 5.74) is 0.758.